The molecule has 1 aliphatic heterocycles. The lowest BCUT2D eigenvalue weighted by molar-refractivity contribution is -0.0584. The van der Waals surface area contributed by atoms with Crippen LogP contribution in [0.5, 0.6) is 0 Å². The van der Waals surface area contributed by atoms with Gasteiger partial charge in [0.25, 0.3) is 21.8 Å². The topological polar surface area (TPSA) is 110 Å². The summed E-state index contributed by atoms with van der Waals surface area (Å²) in [7, 11) is -3.82. The third kappa shape index (κ3) is 3.67. The Morgan fingerprint density at radius 1 is 0.933 bits per heavy atom. The van der Waals surface area contributed by atoms with Crippen LogP contribution < -0.4 is 4.72 Å². The first-order valence-electron chi connectivity index (χ1n) is 8.34. The van der Waals surface area contributed by atoms with Crippen molar-refractivity contribution in [1.29, 1.82) is 0 Å². The quantitative estimate of drug-likeness (QED) is 0.580. The van der Waals surface area contributed by atoms with Gasteiger partial charge in [0.2, 0.25) is 0 Å². The predicted molar refractivity (Wildman–Crippen MR) is 109 cm³/mol. The molecule has 0 spiro atoms. The highest BCUT2D eigenvalue weighted by Crippen LogP contribution is 2.27. The first kappa shape index (κ1) is 20.1. The molecule has 30 heavy (non-hydrogen) atoms. The molecule has 8 nitrogen and oxygen atoms in total. The van der Waals surface area contributed by atoms with Crippen LogP contribution in [0.4, 0.5) is 5.69 Å². The number of sulfonamides is 1. The van der Waals surface area contributed by atoms with Crippen LogP contribution in [0.15, 0.2) is 64.9 Å². The van der Waals surface area contributed by atoms with Crippen LogP contribution in [0.1, 0.15) is 31.1 Å². The van der Waals surface area contributed by atoms with E-state index in [4.69, 9.17) is 16.4 Å². The molecular weight excluding hydrogens is 452 g/mol. The minimum atomic E-state index is -3.82. The number of nitrogens with one attached hydrogen (secondary N) is 1. The summed E-state index contributed by atoms with van der Waals surface area (Å²) < 4.78 is 27.4. The van der Waals surface area contributed by atoms with Crippen molar-refractivity contribution in [3.05, 3.63) is 81.7 Å². The van der Waals surface area contributed by atoms with Crippen LogP contribution in [0.3, 0.4) is 0 Å². The Hall–Kier alpha value is -3.21. The maximum absolute atomic E-state index is 12.3. The van der Waals surface area contributed by atoms with Crippen molar-refractivity contribution in [2.75, 3.05) is 4.72 Å². The highest BCUT2D eigenvalue weighted by Gasteiger charge is 2.38. The van der Waals surface area contributed by atoms with E-state index >= 15 is 0 Å². The lowest BCUT2D eigenvalue weighted by Gasteiger charge is -2.13. The number of carbonyl (C=O) groups excluding carboxylic acids is 3. The highest BCUT2D eigenvalue weighted by atomic mass is 35.5. The second kappa shape index (κ2) is 7.56. The van der Waals surface area contributed by atoms with Crippen LogP contribution >= 0.6 is 22.9 Å². The van der Waals surface area contributed by atoms with E-state index in [-0.39, 0.29) is 26.6 Å². The summed E-state index contributed by atoms with van der Waals surface area (Å²) in [6.45, 7) is 0. The Morgan fingerprint density at radius 2 is 1.53 bits per heavy atom. The molecule has 0 saturated carbocycles. The molecule has 1 aromatic heterocycles. The van der Waals surface area contributed by atoms with Gasteiger partial charge in [-0.25, -0.2) is 13.2 Å². The van der Waals surface area contributed by atoms with Gasteiger partial charge < -0.3 is 4.84 Å². The number of fused-ring (bicyclic) bond motifs is 1. The number of carbonyl (C=O) groups is 3. The van der Waals surface area contributed by atoms with E-state index in [0.29, 0.717) is 9.40 Å². The zero-order chi connectivity index (χ0) is 21.5. The van der Waals surface area contributed by atoms with E-state index in [1.807, 2.05) is 0 Å². The number of benzene rings is 2. The van der Waals surface area contributed by atoms with Crippen molar-refractivity contribution in [2.24, 2.45) is 0 Å². The van der Waals surface area contributed by atoms with Crippen molar-refractivity contribution in [2.45, 2.75) is 4.21 Å². The zero-order valence-corrected chi connectivity index (χ0v) is 17.3. The van der Waals surface area contributed by atoms with E-state index in [9.17, 15) is 22.8 Å². The molecule has 2 heterocycles. The molecule has 0 unspecified atom stereocenters. The molecule has 0 aliphatic carbocycles. The SMILES string of the molecule is O=C(ON1C(=O)c2ccccc2C1=O)c1ccc(NS(=O)(=O)c2ccc(Cl)s2)cc1. The van der Waals surface area contributed by atoms with Gasteiger partial charge in [0.1, 0.15) is 4.21 Å². The molecule has 1 aliphatic rings. The Bertz CT molecular complexity index is 1250. The average Bonchev–Trinajstić information content (AvgIpc) is 3.27. The fourth-order valence-electron chi connectivity index (χ4n) is 2.71. The third-order valence-electron chi connectivity index (χ3n) is 4.12. The normalized spacial score (nSPS) is 13.3. The van der Waals surface area contributed by atoms with Gasteiger partial charge in [0.05, 0.1) is 21.0 Å². The summed E-state index contributed by atoms with van der Waals surface area (Å²) in [5.41, 5.74) is 0.521. The molecule has 1 N–H and O–H groups in total. The van der Waals surface area contributed by atoms with Crippen LogP contribution in [0.2, 0.25) is 4.34 Å². The molecule has 0 atom stereocenters. The van der Waals surface area contributed by atoms with Crippen LogP contribution in [0.25, 0.3) is 0 Å². The van der Waals surface area contributed by atoms with Crippen molar-refractivity contribution in [3.8, 4) is 0 Å². The first-order valence-corrected chi connectivity index (χ1v) is 11.0. The molecule has 0 radical (unpaired) electrons. The van der Waals surface area contributed by atoms with Gasteiger partial charge in [0, 0.05) is 5.69 Å². The Balaban J connectivity index is 1.46. The number of rotatable bonds is 5. The number of amides is 2. The summed E-state index contributed by atoms with van der Waals surface area (Å²) in [5.74, 6) is -2.41. The maximum Gasteiger partial charge on any atom is 0.363 e. The molecule has 0 fully saturated rings. The number of hydroxylamine groups is 2. The number of anilines is 1. The molecular formula is C19H11ClN2O6S2. The monoisotopic (exact) mass is 462 g/mol. The molecule has 2 aromatic carbocycles. The fourth-order valence-corrected chi connectivity index (χ4v) is 5.25. The standard InChI is InChI=1S/C19H11ClN2O6S2/c20-15-9-10-16(29-15)30(26,27)21-12-7-5-11(6-8-12)19(25)28-22-17(23)13-3-1-2-4-14(13)18(22)24/h1-10,21H. The Labute approximate surface area is 179 Å². The Kier molecular flexibility index (Phi) is 5.06. The summed E-state index contributed by atoms with van der Waals surface area (Å²) in [6, 6.07) is 14.3. The van der Waals surface area contributed by atoms with Gasteiger partial charge in [-0.1, -0.05) is 28.8 Å². The average molecular weight is 463 g/mol. The van der Waals surface area contributed by atoms with E-state index < -0.39 is 27.8 Å². The van der Waals surface area contributed by atoms with Crippen molar-refractivity contribution < 1.29 is 27.6 Å². The van der Waals surface area contributed by atoms with Gasteiger partial charge in [-0.3, -0.25) is 14.3 Å². The van der Waals surface area contributed by atoms with E-state index in [1.165, 1.54) is 48.5 Å². The second-order valence-corrected chi connectivity index (χ2v) is 9.69. The largest absolute Gasteiger partial charge is 0.363 e. The highest BCUT2D eigenvalue weighted by molar-refractivity contribution is 7.94. The molecule has 4 rings (SSSR count). The summed E-state index contributed by atoms with van der Waals surface area (Å²) in [6.07, 6.45) is 0. The van der Waals surface area contributed by atoms with Gasteiger partial charge in [0.15, 0.2) is 0 Å². The fraction of sp³-hybridized carbons (Fsp3) is 0. The predicted octanol–water partition coefficient (Wildman–Crippen LogP) is 3.57. The molecule has 0 saturated heterocycles. The maximum atomic E-state index is 12.3. The van der Waals surface area contributed by atoms with Crippen molar-refractivity contribution in [3.63, 3.8) is 0 Å². The minimum Gasteiger partial charge on any atom is -0.324 e. The van der Waals surface area contributed by atoms with Crippen LogP contribution in [0, 0.1) is 0 Å². The molecule has 0 bridgehead atoms. The van der Waals surface area contributed by atoms with E-state index in [2.05, 4.69) is 4.72 Å². The second-order valence-electron chi connectivity index (χ2n) is 6.07. The van der Waals surface area contributed by atoms with Gasteiger partial charge >= 0.3 is 5.97 Å². The number of hydrogen-bond acceptors (Lipinski definition) is 7. The lowest BCUT2D eigenvalue weighted by Crippen LogP contribution is -2.32. The van der Waals surface area contributed by atoms with Gasteiger partial charge in [-0.2, -0.15) is 0 Å². The van der Waals surface area contributed by atoms with E-state index in [0.717, 1.165) is 11.3 Å². The minimum absolute atomic E-state index is 0.0219. The summed E-state index contributed by atoms with van der Waals surface area (Å²) in [5, 5.41) is 0.407. The summed E-state index contributed by atoms with van der Waals surface area (Å²) >= 11 is 6.67. The third-order valence-corrected chi connectivity index (χ3v) is 7.22. The van der Waals surface area contributed by atoms with Crippen molar-refractivity contribution in [1.82, 2.24) is 5.06 Å². The van der Waals surface area contributed by atoms with Crippen LogP contribution in [-0.2, 0) is 14.9 Å². The Morgan fingerprint density at radius 3 is 2.07 bits per heavy atom. The molecule has 11 heteroatoms. The number of thiophene rings is 1. The van der Waals surface area contributed by atoms with Crippen LogP contribution in [-0.4, -0.2) is 31.3 Å². The van der Waals surface area contributed by atoms with E-state index in [1.54, 1.807) is 12.1 Å². The molecule has 3 aromatic rings. The number of halogens is 1. The number of hydrogen-bond donors (Lipinski definition) is 1. The number of imide groups is 1. The smallest absolute Gasteiger partial charge is 0.324 e. The zero-order valence-electron chi connectivity index (χ0n) is 14.9. The van der Waals surface area contributed by atoms with Crippen molar-refractivity contribution >= 4 is 56.4 Å². The lowest BCUT2D eigenvalue weighted by atomic mass is 10.1. The van der Waals surface area contributed by atoms with Gasteiger partial charge in [-0.15, -0.1) is 11.3 Å². The first-order chi connectivity index (χ1) is 14.3. The molecule has 152 valence electrons. The van der Waals surface area contributed by atoms with Gasteiger partial charge in [-0.05, 0) is 48.5 Å². The summed E-state index contributed by atoms with van der Waals surface area (Å²) in [4.78, 5) is 41.8. The number of nitrogens with zero attached hydrogens (tertiary/aromatic N) is 1. The molecule has 2 amide bonds.